The number of ether oxygens (including phenoxy) is 3. The number of rotatable bonds is 54. The number of alkyl carbamates (subject to hydrolysis) is 1. The predicted molar refractivity (Wildman–Crippen MR) is 459 cm³/mol. The van der Waals surface area contributed by atoms with Gasteiger partial charge in [0.05, 0.1) is 80.8 Å². The minimum absolute atomic E-state index is 0.0226. The predicted octanol–water partition coefficient (Wildman–Crippen LogP) is 0.932. The Kier molecular flexibility index (Phi) is 42.5. The minimum Gasteiger partial charge on any atom is -0.492 e. The van der Waals surface area contributed by atoms with Crippen LogP contribution in [-0.4, -0.2) is 263 Å². The van der Waals surface area contributed by atoms with Gasteiger partial charge in [0, 0.05) is 74.1 Å². The van der Waals surface area contributed by atoms with E-state index >= 15 is 0 Å². The summed E-state index contributed by atoms with van der Waals surface area (Å²) in [6, 6.07) is -9.81. The van der Waals surface area contributed by atoms with Crippen LogP contribution in [0.15, 0.2) is 109 Å². The number of aliphatic hydroxyl groups is 1. The van der Waals surface area contributed by atoms with E-state index in [1.54, 1.807) is 43.4 Å². The molecule has 0 bridgehead atoms. The quantitative estimate of drug-likeness (QED) is 0.0127. The van der Waals surface area contributed by atoms with Crippen LogP contribution in [0.1, 0.15) is 166 Å². The monoisotopic (exact) mass is 1820 g/mol. The van der Waals surface area contributed by atoms with Crippen LogP contribution in [0.25, 0.3) is 11.2 Å². The summed E-state index contributed by atoms with van der Waals surface area (Å²) in [5, 5.41) is 112. The number of carboxylic acids is 6. The summed E-state index contributed by atoms with van der Waals surface area (Å²) >= 11 is 0. The molecule has 5 heterocycles. The maximum absolute atomic E-state index is 14.7. The van der Waals surface area contributed by atoms with Gasteiger partial charge < -0.3 is 120 Å². The highest BCUT2D eigenvalue weighted by atomic mass is 16.6. The van der Waals surface area contributed by atoms with Crippen molar-refractivity contribution in [2.75, 3.05) is 24.2 Å². The van der Waals surface area contributed by atoms with Gasteiger partial charge >= 0.3 is 47.9 Å². The van der Waals surface area contributed by atoms with Crippen molar-refractivity contribution >= 4 is 118 Å². The van der Waals surface area contributed by atoms with Crippen LogP contribution in [0.5, 0.6) is 5.88 Å². The lowest BCUT2D eigenvalue weighted by Gasteiger charge is -2.39. The number of cyclic esters (lactones) is 1. The second-order valence-electron chi connectivity index (χ2n) is 31.2. The second kappa shape index (κ2) is 52.8. The number of hydrogen-bond donors (Lipinski definition) is 20. The maximum atomic E-state index is 14.7. The third kappa shape index (κ3) is 37.0. The highest BCUT2D eigenvalue weighted by Crippen LogP contribution is 2.29. The van der Waals surface area contributed by atoms with E-state index in [9.17, 15) is 118 Å². The summed E-state index contributed by atoms with van der Waals surface area (Å²) in [7, 11) is 0. The standard InChI is InChI=1S/C84H113N19O27/c1-7-13-63-48(6)62(104)40-64(130-63)54(17-10-14-44(2)34-46(4)35-45(3)20-26-53-15-11-19-71(116)129-53)98-84(127)128-33-30-51-43-103(102-101-51)32-12-18-55(75(118)93-56(27-29-66(106)107)76(119)95-60(38-69(112)113)79(122)94-57(82(125)126)16-8-9-31-85)92-78(121)59(37-68(110)111)97-80(123)61(39-70(114)115)96-77(120)58(36-67(108)109)91-65(105)28-21-47(5)89-74(117)49-22-24-50(25-23-49)87-41-52-42-88-73-72(90-52)81(124)100-83(86)99-73/h7,10-11,13-14,17,19-20,22-26,35,42-43,46-48,53-64,87,104H,8-9,12,15-16,18,21,27-34,36-41,85H2,1-6H3,(H,89,117)(H,91,105)(H,92,121)(H,93,118)(H,94,122)(H,95,119)(H,96,120)(H,97,123)(H,98,127)(H,106,107)(H,108,109)(H,110,111)(H,112,113)(H,114,115)(H,125,126)(H3,86,88,99,100,124)/b13-7+,17-10+,26-20+,44-14+,45-35-/t46-,47-,48+,53-,54-,55+,56-,57-,58-,59-,60-,61-,62-,63+,64+/m1/s1. The first kappa shape index (κ1) is 105. The molecule has 1 aromatic carbocycles. The number of fused-ring (bicyclic) bond motifs is 1. The molecule has 1 fully saturated rings. The summed E-state index contributed by atoms with van der Waals surface area (Å²) in [5.41, 5.74) is 14.5. The van der Waals surface area contributed by atoms with Crippen molar-refractivity contribution in [3.63, 3.8) is 0 Å². The van der Waals surface area contributed by atoms with E-state index < -0.39 is 225 Å². The molecule has 15 atom stereocenters. The molecule has 1 saturated heterocycles. The molecule has 2 aliphatic rings. The highest BCUT2D eigenvalue weighted by molar-refractivity contribution is 6.00. The Morgan fingerprint density at radius 3 is 1.82 bits per heavy atom. The fraction of sp³-hybridized carbons (Fsp3) is 0.500. The Balaban J connectivity index is 1.16. The lowest BCUT2D eigenvalue weighted by atomic mass is 9.87. The first-order valence-corrected chi connectivity index (χ1v) is 41.8. The Bertz CT molecular complexity index is 4860. The topological polar surface area (TPSA) is 717 Å². The summed E-state index contributed by atoms with van der Waals surface area (Å²) < 4.78 is 18.6. The number of carbonyl (C=O) groups excluding carboxylic acids is 10. The molecule has 2 aliphatic heterocycles. The second-order valence-corrected chi connectivity index (χ2v) is 31.2. The van der Waals surface area contributed by atoms with Gasteiger partial charge in [-0.2, -0.15) is 9.97 Å². The van der Waals surface area contributed by atoms with Crippen LogP contribution in [0.2, 0.25) is 0 Å². The van der Waals surface area contributed by atoms with E-state index in [0.29, 0.717) is 30.6 Å². The molecule has 0 aliphatic carbocycles. The zero-order valence-corrected chi connectivity index (χ0v) is 72.4. The number of aryl methyl sites for hydroxylation is 1. The number of nitrogens with two attached hydrogens (primary N) is 2. The Labute approximate surface area is 745 Å². The molecular formula is C84H113N19O27. The van der Waals surface area contributed by atoms with Crippen molar-refractivity contribution < 1.29 is 132 Å². The number of aliphatic carboxylic acids is 6. The van der Waals surface area contributed by atoms with E-state index in [0.717, 1.165) is 11.1 Å². The molecule has 22 N–H and O–H groups in total. The molecule has 0 saturated carbocycles. The smallest absolute Gasteiger partial charge is 0.407 e. The van der Waals surface area contributed by atoms with Crippen molar-refractivity contribution in [2.45, 2.75) is 243 Å². The number of carbonyl (C=O) groups is 16. The van der Waals surface area contributed by atoms with Gasteiger partial charge in [-0.25, -0.2) is 24.4 Å². The lowest BCUT2D eigenvalue weighted by Crippen LogP contribution is -2.60. The number of nitrogens with zero attached hydrogens (tertiary/aromatic N) is 7. The molecule has 4 aromatic rings. The van der Waals surface area contributed by atoms with Crippen LogP contribution >= 0.6 is 0 Å². The van der Waals surface area contributed by atoms with Gasteiger partial charge in [-0.05, 0) is 122 Å². The third-order valence-electron chi connectivity index (χ3n) is 20.2. The van der Waals surface area contributed by atoms with Crippen LogP contribution in [0.4, 0.5) is 16.4 Å². The van der Waals surface area contributed by atoms with E-state index in [4.69, 9.17) is 25.7 Å². The van der Waals surface area contributed by atoms with E-state index in [-0.39, 0.29) is 111 Å². The Hall–Kier alpha value is -14.2. The van der Waals surface area contributed by atoms with Gasteiger partial charge in [0.15, 0.2) is 11.2 Å². The van der Waals surface area contributed by atoms with Gasteiger partial charge in [-0.15, -0.1) is 5.10 Å². The van der Waals surface area contributed by atoms with Crippen molar-refractivity contribution in [1.29, 1.82) is 0 Å². The Morgan fingerprint density at radius 2 is 1.24 bits per heavy atom. The number of nitrogen functional groups attached to an aromatic ring is 1. The average molecular weight is 1820 g/mol. The summed E-state index contributed by atoms with van der Waals surface area (Å²) in [6.45, 7) is 10.9. The van der Waals surface area contributed by atoms with E-state index in [1.807, 2.05) is 55.7 Å². The van der Waals surface area contributed by atoms with Gasteiger partial charge in [-0.3, -0.25) is 67.0 Å². The van der Waals surface area contributed by atoms with Crippen LogP contribution < -0.4 is 64.6 Å². The summed E-state index contributed by atoms with van der Waals surface area (Å²) in [5.74, 6) is -21.6. The maximum Gasteiger partial charge on any atom is 0.407 e. The molecule has 130 heavy (non-hydrogen) atoms. The molecule has 0 radical (unpaired) electrons. The number of esters is 1. The number of nitrogens with one attached hydrogen (secondary N) is 10. The van der Waals surface area contributed by atoms with Crippen molar-refractivity contribution in [2.24, 2.45) is 17.6 Å². The van der Waals surface area contributed by atoms with Crippen molar-refractivity contribution in [3.05, 3.63) is 126 Å². The summed E-state index contributed by atoms with van der Waals surface area (Å²) in [6.07, 6.45) is 11.1. The number of carboxylic acid groups (broad SMARTS) is 6. The zero-order chi connectivity index (χ0) is 95.8. The molecule has 3 aromatic heterocycles. The van der Waals surface area contributed by atoms with Gasteiger partial charge in [0.2, 0.25) is 53.2 Å². The number of benzene rings is 1. The van der Waals surface area contributed by atoms with Gasteiger partial charge in [0.25, 0.3) is 5.91 Å². The van der Waals surface area contributed by atoms with Crippen LogP contribution in [0, 0.1) is 11.8 Å². The minimum atomic E-state index is -2.32. The largest absolute Gasteiger partial charge is 0.492 e. The molecule has 0 unspecified atom stereocenters. The SMILES string of the molecule is C/C=C/[C@@H]1O[C@H]([C@@H](/C=C/C=C(\C)C[C@@H](C)/C=C(C)\C=C\[C@H]2CC=CC(=O)O2)NC(=O)OCCc2cn(CCC[C@H](NC(=O)[C@@H](CC(=O)O)NC(=O)[C@@H](CC(=O)O)NC(=O)[C@@H](CC(=O)O)NC(=O)CC[C@@H](C)NC(=O)c3ccc(NCc4cnc5nc(N)nc(O)c5n4)cc3)C(=O)N[C@H](CCC(=O)O)C(=O)N[C@H](CC(=O)O)C(=O)N[C@H](CCCCN)C(=O)O)nn2)C[C@@H](O)[C@@H]1C. The van der Waals surface area contributed by atoms with Crippen molar-refractivity contribution in [3.8, 4) is 5.88 Å². The zero-order valence-electron chi connectivity index (χ0n) is 72.4. The Morgan fingerprint density at radius 1 is 0.662 bits per heavy atom. The molecule has 9 amide bonds. The van der Waals surface area contributed by atoms with Crippen LogP contribution in [-0.2, 0) is 101 Å². The molecule has 46 nitrogen and oxygen atoms in total. The van der Waals surface area contributed by atoms with Crippen molar-refractivity contribution in [1.82, 2.24) is 82.8 Å². The first-order chi connectivity index (χ1) is 61.6. The number of aromatic nitrogens is 7. The summed E-state index contributed by atoms with van der Waals surface area (Å²) in [4.78, 5) is 226. The first-order valence-electron chi connectivity index (χ1n) is 41.8. The number of amides is 9. The van der Waals surface area contributed by atoms with Gasteiger partial charge in [-0.1, -0.05) is 78.8 Å². The van der Waals surface area contributed by atoms with E-state index in [2.05, 4.69) is 85.8 Å². The fourth-order valence-electron chi connectivity index (χ4n) is 13.5. The van der Waals surface area contributed by atoms with Crippen LogP contribution in [0.3, 0.4) is 0 Å². The molecule has 6 rings (SSSR count). The number of hydrogen-bond acceptors (Lipinski definition) is 30. The number of aromatic hydroxyl groups is 1. The average Bonchev–Trinajstić information content (AvgIpc) is 1.02. The number of anilines is 2. The molecule has 706 valence electrons. The lowest BCUT2D eigenvalue weighted by molar-refractivity contribution is -0.144. The molecule has 46 heteroatoms. The normalized spacial score (nSPS) is 18.1. The highest BCUT2D eigenvalue weighted by Gasteiger charge is 2.40. The third-order valence-corrected chi connectivity index (χ3v) is 20.2. The fourth-order valence-corrected chi connectivity index (χ4v) is 13.5. The number of aliphatic hydroxyl groups excluding tert-OH is 1. The molecule has 0 spiro atoms. The van der Waals surface area contributed by atoms with E-state index in [1.165, 1.54) is 42.2 Å². The van der Waals surface area contributed by atoms with Gasteiger partial charge in [0.1, 0.15) is 48.4 Å². The number of allylic oxidation sites excluding steroid dienone is 7. The number of unbranched alkanes of at least 4 members (excludes halogenated alkanes) is 1. The molecular weight excluding hydrogens is 1710 g/mol.